The number of aryl methyl sites for hydroxylation is 1. The van der Waals surface area contributed by atoms with Crippen molar-refractivity contribution >= 4 is 46.2 Å². The Morgan fingerprint density at radius 1 is 1.44 bits per heavy atom. The molecule has 0 saturated heterocycles. The summed E-state index contributed by atoms with van der Waals surface area (Å²) < 4.78 is 6.48. The summed E-state index contributed by atoms with van der Waals surface area (Å²) in [7, 11) is 0. The fraction of sp³-hybridized carbons (Fsp3) is 0.312. The Labute approximate surface area is 162 Å². The van der Waals surface area contributed by atoms with Gasteiger partial charge >= 0.3 is 10.8 Å². The van der Waals surface area contributed by atoms with E-state index < -0.39 is 22.9 Å². The third-order valence-corrected chi connectivity index (χ3v) is 4.82. The normalized spacial score (nSPS) is 11.7. The van der Waals surface area contributed by atoms with Gasteiger partial charge in [-0.2, -0.15) is 0 Å². The van der Waals surface area contributed by atoms with Gasteiger partial charge in [0.25, 0.3) is 11.6 Å². The Morgan fingerprint density at radius 2 is 2.15 bits per heavy atom. The van der Waals surface area contributed by atoms with Crippen LogP contribution in [0, 0.1) is 17.0 Å². The zero-order chi connectivity index (χ0) is 20.1. The molecule has 9 nitrogen and oxygen atoms in total. The van der Waals surface area contributed by atoms with E-state index in [9.17, 15) is 24.5 Å². The summed E-state index contributed by atoms with van der Waals surface area (Å²) in [5, 5.41) is 15.0. The maximum absolute atomic E-state index is 12.2. The second kappa shape index (κ2) is 8.78. The molecule has 0 spiro atoms. The number of halogens is 1. The van der Waals surface area contributed by atoms with E-state index in [2.05, 4.69) is 5.32 Å². The van der Waals surface area contributed by atoms with Crippen molar-refractivity contribution < 1.29 is 19.2 Å². The van der Waals surface area contributed by atoms with E-state index in [1.807, 2.05) is 0 Å². The smallest absolute Gasteiger partial charge is 0.308 e. The van der Waals surface area contributed by atoms with E-state index in [1.54, 1.807) is 12.3 Å². The lowest BCUT2D eigenvalue weighted by Crippen LogP contribution is -2.30. The molecule has 1 heterocycles. The van der Waals surface area contributed by atoms with Gasteiger partial charge < -0.3 is 14.6 Å². The first-order valence-electron chi connectivity index (χ1n) is 7.78. The van der Waals surface area contributed by atoms with Gasteiger partial charge in [-0.3, -0.25) is 24.5 Å². The molecule has 0 fully saturated rings. The van der Waals surface area contributed by atoms with Crippen LogP contribution >= 0.6 is 22.9 Å². The second-order valence-electron chi connectivity index (χ2n) is 5.59. The van der Waals surface area contributed by atoms with Crippen LogP contribution in [0.15, 0.2) is 28.4 Å². The van der Waals surface area contributed by atoms with Crippen LogP contribution in [0.5, 0.6) is 0 Å². The topological polar surface area (TPSA) is 121 Å². The second-order valence-corrected chi connectivity index (χ2v) is 6.82. The fourth-order valence-electron chi connectivity index (χ4n) is 2.14. The van der Waals surface area contributed by atoms with Crippen LogP contribution in [0.3, 0.4) is 0 Å². The first-order valence-corrected chi connectivity index (χ1v) is 9.04. The molecule has 0 aliphatic heterocycles. The van der Waals surface area contributed by atoms with Crippen LogP contribution in [-0.2, 0) is 20.9 Å². The maximum Gasteiger partial charge on any atom is 0.308 e. The van der Waals surface area contributed by atoms with Gasteiger partial charge in [-0.1, -0.05) is 22.9 Å². The van der Waals surface area contributed by atoms with Crippen LogP contribution in [-0.4, -0.2) is 27.5 Å². The highest BCUT2D eigenvalue weighted by Crippen LogP contribution is 2.26. The van der Waals surface area contributed by atoms with E-state index >= 15 is 0 Å². The number of thiazole rings is 1. The van der Waals surface area contributed by atoms with Crippen LogP contribution < -0.4 is 10.2 Å². The lowest BCUT2D eigenvalue weighted by Gasteiger charge is -2.14. The Balaban J connectivity index is 1.93. The van der Waals surface area contributed by atoms with Crippen molar-refractivity contribution in [2.75, 3.05) is 5.32 Å². The Hall–Kier alpha value is -2.72. The Bertz CT molecular complexity index is 938. The summed E-state index contributed by atoms with van der Waals surface area (Å²) in [4.78, 5) is 45.7. The molecule has 1 unspecified atom stereocenters. The van der Waals surface area contributed by atoms with E-state index in [-0.39, 0.29) is 34.2 Å². The molecule has 0 aliphatic carbocycles. The summed E-state index contributed by atoms with van der Waals surface area (Å²) in [6.45, 7) is 3.26. The highest BCUT2D eigenvalue weighted by molar-refractivity contribution is 7.07. The Kier molecular flexibility index (Phi) is 6.70. The molecule has 1 N–H and O–H groups in total. The summed E-state index contributed by atoms with van der Waals surface area (Å²) in [6, 6.07) is 3.60. The summed E-state index contributed by atoms with van der Waals surface area (Å²) in [6.07, 6.45) is -1.22. The number of hydrogen-bond donors (Lipinski definition) is 1. The number of nitro benzene ring substituents is 1. The summed E-state index contributed by atoms with van der Waals surface area (Å²) in [5.74, 6) is -1.34. The van der Waals surface area contributed by atoms with Crippen molar-refractivity contribution in [3.05, 3.63) is 54.1 Å². The zero-order valence-corrected chi connectivity index (χ0v) is 16.0. The molecular formula is C16H16ClN3O6S. The Morgan fingerprint density at radius 3 is 2.74 bits per heavy atom. The van der Waals surface area contributed by atoms with Crippen molar-refractivity contribution in [1.29, 1.82) is 0 Å². The standard InChI is InChI=1S/C16H16ClN3O6S/c1-9-8-27-16(23)19(9)6-5-14(21)26-10(2)15(22)18-13-7-11(20(24)25)3-4-12(13)17/h3-4,7-8,10H,5-6H2,1-2H3,(H,18,22). The largest absolute Gasteiger partial charge is 0.452 e. The molecule has 27 heavy (non-hydrogen) atoms. The van der Waals surface area contributed by atoms with Gasteiger partial charge in [0.15, 0.2) is 6.10 Å². The van der Waals surface area contributed by atoms with Crippen LogP contribution in [0.2, 0.25) is 5.02 Å². The molecule has 1 aromatic carbocycles. The monoisotopic (exact) mass is 413 g/mol. The number of anilines is 1. The van der Waals surface area contributed by atoms with Gasteiger partial charge in [0.05, 0.1) is 22.1 Å². The number of carbonyl (C=O) groups is 2. The number of rotatable bonds is 7. The number of ether oxygens (including phenoxy) is 1. The van der Waals surface area contributed by atoms with Crippen molar-refractivity contribution in [3.63, 3.8) is 0 Å². The van der Waals surface area contributed by atoms with E-state index in [4.69, 9.17) is 16.3 Å². The molecule has 2 rings (SSSR count). The van der Waals surface area contributed by atoms with E-state index in [0.29, 0.717) is 0 Å². The molecule has 0 bridgehead atoms. The molecule has 2 aromatic rings. The molecule has 0 saturated carbocycles. The number of aromatic nitrogens is 1. The van der Waals surface area contributed by atoms with Crippen molar-refractivity contribution in [2.45, 2.75) is 32.9 Å². The molecule has 0 aliphatic rings. The lowest BCUT2D eigenvalue weighted by molar-refractivity contribution is -0.384. The van der Waals surface area contributed by atoms with Gasteiger partial charge in [0.2, 0.25) is 0 Å². The number of hydrogen-bond acceptors (Lipinski definition) is 7. The van der Waals surface area contributed by atoms with Gasteiger partial charge in [0.1, 0.15) is 0 Å². The van der Waals surface area contributed by atoms with Crippen LogP contribution in [0.1, 0.15) is 19.0 Å². The molecule has 144 valence electrons. The third-order valence-electron chi connectivity index (χ3n) is 3.61. The number of nitrogens with one attached hydrogen (secondary N) is 1. The first-order chi connectivity index (χ1) is 12.7. The maximum atomic E-state index is 12.2. The third kappa shape index (κ3) is 5.38. The van der Waals surface area contributed by atoms with E-state index in [1.165, 1.54) is 23.6 Å². The SMILES string of the molecule is Cc1csc(=O)n1CCC(=O)OC(C)C(=O)Nc1cc([N+](=O)[O-])ccc1Cl. The molecule has 0 radical (unpaired) electrons. The van der Waals surface area contributed by atoms with Crippen molar-refractivity contribution in [2.24, 2.45) is 0 Å². The lowest BCUT2D eigenvalue weighted by atomic mass is 10.2. The molecule has 1 aromatic heterocycles. The number of benzene rings is 1. The zero-order valence-electron chi connectivity index (χ0n) is 14.4. The molecular weight excluding hydrogens is 398 g/mol. The highest BCUT2D eigenvalue weighted by Gasteiger charge is 2.20. The number of non-ortho nitro benzene ring substituents is 1. The van der Waals surface area contributed by atoms with Gasteiger partial charge in [-0.25, -0.2) is 0 Å². The van der Waals surface area contributed by atoms with Crippen molar-refractivity contribution in [3.8, 4) is 0 Å². The number of amides is 1. The molecule has 1 atom stereocenters. The molecule has 1 amide bonds. The average molecular weight is 414 g/mol. The molecule has 11 heteroatoms. The average Bonchev–Trinajstić information content (AvgIpc) is 2.92. The van der Waals surface area contributed by atoms with E-state index in [0.717, 1.165) is 23.1 Å². The minimum atomic E-state index is -1.15. The number of nitro groups is 1. The quantitative estimate of drug-likeness (QED) is 0.423. The minimum Gasteiger partial charge on any atom is -0.452 e. The minimum absolute atomic E-state index is 0.0409. The van der Waals surface area contributed by atoms with Gasteiger partial charge in [0, 0.05) is 29.8 Å². The van der Waals surface area contributed by atoms with Gasteiger partial charge in [-0.15, -0.1) is 0 Å². The van der Waals surface area contributed by atoms with Crippen molar-refractivity contribution in [1.82, 2.24) is 4.57 Å². The van der Waals surface area contributed by atoms with Crippen LogP contribution in [0.4, 0.5) is 11.4 Å². The fourth-order valence-corrected chi connectivity index (χ4v) is 3.07. The number of esters is 1. The first kappa shape index (κ1) is 20.6. The highest BCUT2D eigenvalue weighted by atomic mass is 35.5. The number of nitrogens with zero attached hydrogens (tertiary/aromatic N) is 2. The number of carbonyl (C=O) groups excluding carboxylic acids is 2. The summed E-state index contributed by atoms with van der Waals surface area (Å²) >= 11 is 6.95. The predicted octanol–water partition coefficient (Wildman–Crippen LogP) is 2.74. The van der Waals surface area contributed by atoms with Crippen LogP contribution in [0.25, 0.3) is 0 Å². The summed E-state index contributed by atoms with van der Waals surface area (Å²) in [5.41, 5.74) is 0.541. The van der Waals surface area contributed by atoms with Gasteiger partial charge in [-0.05, 0) is 19.9 Å². The predicted molar refractivity (Wildman–Crippen MR) is 100 cm³/mol.